The Labute approximate surface area is 115 Å². The Morgan fingerprint density at radius 2 is 2.11 bits per heavy atom. The third kappa shape index (κ3) is 4.31. The van der Waals surface area contributed by atoms with Gasteiger partial charge in [0.25, 0.3) is 0 Å². The van der Waals surface area contributed by atoms with Crippen LogP contribution in [-0.4, -0.2) is 25.8 Å². The molecule has 98 valence electrons. The summed E-state index contributed by atoms with van der Waals surface area (Å²) in [5.41, 5.74) is 1.08. The van der Waals surface area contributed by atoms with Gasteiger partial charge in [-0.1, -0.05) is 28.1 Å². The maximum absolute atomic E-state index is 11.6. The van der Waals surface area contributed by atoms with E-state index in [0.717, 1.165) is 29.7 Å². The highest BCUT2D eigenvalue weighted by Crippen LogP contribution is 2.11. The molecular weight excluding hydrogens is 296 g/mol. The molecule has 1 fully saturated rings. The Bertz CT molecular complexity index is 388. The molecule has 0 aliphatic carbocycles. The van der Waals surface area contributed by atoms with Gasteiger partial charge in [0.1, 0.15) is 0 Å². The minimum absolute atomic E-state index is 0.121. The van der Waals surface area contributed by atoms with Crippen LogP contribution in [0.4, 0.5) is 4.79 Å². The highest BCUT2D eigenvalue weighted by atomic mass is 79.9. The summed E-state index contributed by atoms with van der Waals surface area (Å²) in [6.07, 6.45) is 1.03. The van der Waals surface area contributed by atoms with Crippen molar-refractivity contribution in [1.82, 2.24) is 10.6 Å². The minimum atomic E-state index is -0.121. The smallest absolute Gasteiger partial charge is 0.315 e. The van der Waals surface area contributed by atoms with Crippen molar-refractivity contribution < 1.29 is 9.53 Å². The van der Waals surface area contributed by atoms with Gasteiger partial charge in [-0.25, -0.2) is 4.79 Å². The van der Waals surface area contributed by atoms with E-state index >= 15 is 0 Å². The van der Waals surface area contributed by atoms with Gasteiger partial charge >= 0.3 is 6.03 Å². The molecule has 5 heteroatoms. The molecule has 1 aromatic carbocycles. The maximum Gasteiger partial charge on any atom is 0.315 e. The molecule has 1 aromatic rings. The number of halogens is 1. The molecule has 18 heavy (non-hydrogen) atoms. The number of nitrogens with one attached hydrogen (secondary N) is 2. The van der Waals surface area contributed by atoms with Crippen LogP contribution in [0.15, 0.2) is 28.7 Å². The second-order valence-corrected chi connectivity index (χ2v) is 5.34. The molecule has 1 aliphatic heterocycles. The van der Waals surface area contributed by atoms with E-state index in [4.69, 9.17) is 4.74 Å². The second kappa shape index (κ2) is 6.75. The Morgan fingerprint density at radius 1 is 1.33 bits per heavy atom. The fourth-order valence-corrected chi connectivity index (χ4v) is 2.09. The van der Waals surface area contributed by atoms with Crippen LogP contribution in [-0.2, 0) is 11.3 Å². The molecule has 1 aliphatic rings. The predicted octanol–water partition coefficient (Wildman–Crippen LogP) is 2.28. The first-order valence-corrected chi connectivity index (χ1v) is 6.87. The number of ether oxygens (including phenoxy) is 1. The molecule has 1 atom stereocenters. The topological polar surface area (TPSA) is 50.4 Å². The van der Waals surface area contributed by atoms with Crippen LogP contribution in [0, 0.1) is 5.92 Å². The lowest BCUT2D eigenvalue weighted by Crippen LogP contribution is -2.38. The first-order valence-electron chi connectivity index (χ1n) is 6.08. The maximum atomic E-state index is 11.6. The van der Waals surface area contributed by atoms with Gasteiger partial charge in [-0.05, 0) is 24.1 Å². The van der Waals surface area contributed by atoms with Crippen LogP contribution in [0.5, 0.6) is 0 Å². The number of rotatable bonds is 4. The van der Waals surface area contributed by atoms with Gasteiger partial charge in [-0.15, -0.1) is 0 Å². The van der Waals surface area contributed by atoms with Crippen LogP contribution in [0.25, 0.3) is 0 Å². The van der Waals surface area contributed by atoms with E-state index in [1.165, 1.54) is 0 Å². The van der Waals surface area contributed by atoms with E-state index in [9.17, 15) is 4.79 Å². The molecule has 1 saturated heterocycles. The van der Waals surface area contributed by atoms with Crippen molar-refractivity contribution in [2.45, 2.75) is 13.0 Å². The van der Waals surface area contributed by atoms with Crippen molar-refractivity contribution in [3.05, 3.63) is 34.3 Å². The summed E-state index contributed by atoms with van der Waals surface area (Å²) in [6.45, 7) is 2.80. The van der Waals surface area contributed by atoms with Crippen LogP contribution in [0.2, 0.25) is 0 Å². The largest absolute Gasteiger partial charge is 0.381 e. The van der Waals surface area contributed by atoms with Gasteiger partial charge < -0.3 is 15.4 Å². The minimum Gasteiger partial charge on any atom is -0.381 e. The normalized spacial score (nSPS) is 18.6. The summed E-state index contributed by atoms with van der Waals surface area (Å²) >= 11 is 3.38. The van der Waals surface area contributed by atoms with Crippen molar-refractivity contribution in [3.63, 3.8) is 0 Å². The monoisotopic (exact) mass is 312 g/mol. The SMILES string of the molecule is O=C(NCc1ccc(Br)cc1)NC[C@@H]1CCOC1. The van der Waals surface area contributed by atoms with Gasteiger partial charge in [-0.3, -0.25) is 0 Å². The molecule has 0 radical (unpaired) electrons. The highest BCUT2D eigenvalue weighted by molar-refractivity contribution is 9.10. The second-order valence-electron chi connectivity index (χ2n) is 4.42. The van der Waals surface area contributed by atoms with Crippen molar-refractivity contribution in [2.75, 3.05) is 19.8 Å². The van der Waals surface area contributed by atoms with Crippen molar-refractivity contribution in [2.24, 2.45) is 5.92 Å². The van der Waals surface area contributed by atoms with Crippen LogP contribution < -0.4 is 10.6 Å². The number of hydrogen-bond donors (Lipinski definition) is 2. The molecule has 0 saturated carbocycles. The van der Waals surface area contributed by atoms with Crippen LogP contribution in [0.3, 0.4) is 0 Å². The Morgan fingerprint density at radius 3 is 2.78 bits per heavy atom. The Balaban J connectivity index is 1.66. The van der Waals surface area contributed by atoms with Gasteiger partial charge in [0, 0.05) is 30.1 Å². The molecule has 1 heterocycles. The van der Waals surface area contributed by atoms with E-state index in [1.807, 2.05) is 24.3 Å². The van der Waals surface area contributed by atoms with Gasteiger partial charge in [-0.2, -0.15) is 0 Å². The molecule has 0 bridgehead atoms. The number of amides is 2. The lowest BCUT2D eigenvalue weighted by atomic mass is 10.1. The fraction of sp³-hybridized carbons (Fsp3) is 0.462. The summed E-state index contributed by atoms with van der Waals surface area (Å²) in [5, 5.41) is 5.70. The third-order valence-electron chi connectivity index (χ3n) is 2.94. The van der Waals surface area contributed by atoms with Crippen LogP contribution >= 0.6 is 15.9 Å². The molecule has 0 unspecified atom stereocenters. The molecule has 2 amide bonds. The van der Waals surface area contributed by atoms with Crippen molar-refractivity contribution >= 4 is 22.0 Å². The average molecular weight is 313 g/mol. The Kier molecular flexibility index (Phi) is 5.01. The molecular formula is C13H17BrN2O2. The number of carbonyl (C=O) groups is 1. The predicted molar refractivity (Wildman–Crippen MR) is 73.3 cm³/mol. The summed E-state index contributed by atoms with van der Waals surface area (Å²) in [6, 6.07) is 7.77. The molecule has 2 N–H and O–H groups in total. The van der Waals surface area contributed by atoms with E-state index in [2.05, 4.69) is 26.6 Å². The van der Waals surface area contributed by atoms with Gasteiger partial charge in [0.15, 0.2) is 0 Å². The Hall–Kier alpha value is -1.07. The van der Waals surface area contributed by atoms with Crippen molar-refractivity contribution in [3.8, 4) is 0 Å². The van der Waals surface area contributed by atoms with E-state index in [1.54, 1.807) is 0 Å². The fourth-order valence-electron chi connectivity index (χ4n) is 1.83. The molecule has 2 rings (SSSR count). The van der Waals surface area contributed by atoms with Crippen LogP contribution in [0.1, 0.15) is 12.0 Å². The summed E-state index contributed by atoms with van der Waals surface area (Å²) in [4.78, 5) is 11.6. The summed E-state index contributed by atoms with van der Waals surface area (Å²) < 4.78 is 6.29. The van der Waals surface area contributed by atoms with Gasteiger partial charge in [0.05, 0.1) is 6.61 Å². The quantitative estimate of drug-likeness (QED) is 0.896. The highest BCUT2D eigenvalue weighted by Gasteiger charge is 2.15. The standard InChI is InChI=1S/C13H17BrN2O2/c14-12-3-1-10(2-4-12)7-15-13(17)16-8-11-5-6-18-9-11/h1-4,11H,5-9H2,(H2,15,16,17)/t11-/m0/s1. The van der Waals surface area contributed by atoms with Crippen molar-refractivity contribution in [1.29, 1.82) is 0 Å². The summed E-state index contributed by atoms with van der Waals surface area (Å²) in [7, 11) is 0. The zero-order chi connectivity index (χ0) is 12.8. The number of benzene rings is 1. The third-order valence-corrected chi connectivity index (χ3v) is 3.47. The zero-order valence-electron chi connectivity index (χ0n) is 10.1. The van der Waals surface area contributed by atoms with E-state index < -0.39 is 0 Å². The lowest BCUT2D eigenvalue weighted by Gasteiger charge is -2.10. The molecule has 0 spiro atoms. The summed E-state index contributed by atoms with van der Waals surface area (Å²) in [5.74, 6) is 0.462. The molecule has 0 aromatic heterocycles. The molecule has 4 nitrogen and oxygen atoms in total. The van der Waals surface area contributed by atoms with E-state index in [0.29, 0.717) is 19.0 Å². The first-order chi connectivity index (χ1) is 8.74. The zero-order valence-corrected chi connectivity index (χ0v) is 11.7. The number of hydrogen-bond acceptors (Lipinski definition) is 2. The average Bonchev–Trinajstić information content (AvgIpc) is 2.89. The van der Waals surface area contributed by atoms with E-state index in [-0.39, 0.29) is 6.03 Å². The van der Waals surface area contributed by atoms with Gasteiger partial charge in [0.2, 0.25) is 0 Å². The first kappa shape index (κ1) is 13.4. The number of urea groups is 1. The lowest BCUT2D eigenvalue weighted by molar-refractivity contribution is 0.185. The number of carbonyl (C=O) groups excluding carboxylic acids is 1.